The molecule has 0 spiro atoms. The third kappa shape index (κ3) is 5.86. The summed E-state index contributed by atoms with van der Waals surface area (Å²) >= 11 is 0. The second kappa shape index (κ2) is 9.45. The SMILES string of the molecule is COc1ccc(C(=O)NCCNc2cc(Nc3cc(C)ccn3)nc(C)n2)cn1. The third-order valence-corrected chi connectivity index (χ3v) is 3.93. The standard InChI is InChI=1S/C20H23N7O2/c1-13-6-7-21-16(10-13)27-18-11-17(25-14(2)26-18)22-8-9-23-20(28)15-4-5-19(29-3)24-12-15/h4-7,10-12H,8-9H2,1-3H3,(H,23,28)(H2,21,22,25,26,27). The van der Waals surface area contributed by atoms with Gasteiger partial charge in [-0.15, -0.1) is 0 Å². The van der Waals surface area contributed by atoms with Crippen LogP contribution in [0.3, 0.4) is 0 Å². The molecule has 0 fully saturated rings. The van der Waals surface area contributed by atoms with Crippen LogP contribution in [0, 0.1) is 13.8 Å². The molecular formula is C20H23N7O2. The van der Waals surface area contributed by atoms with Gasteiger partial charge in [0.25, 0.3) is 5.91 Å². The smallest absolute Gasteiger partial charge is 0.252 e. The monoisotopic (exact) mass is 393 g/mol. The van der Waals surface area contributed by atoms with Crippen molar-refractivity contribution in [1.29, 1.82) is 0 Å². The fraction of sp³-hybridized carbons (Fsp3) is 0.250. The molecule has 3 aromatic heterocycles. The van der Waals surface area contributed by atoms with E-state index in [2.05, 4.69) is 35.9 Å². The van der Waals surface area contributed by atoms with E-state index >= 15 is 0 Å². The lowest BCUT2D eigenvalue weighted by Crippen LogP contribution is -2.29. The summed E-state index contributed by atoms with van der Waals surface area (Å²) in [7, 11) is 1.53. The lowest BCUT2D eigenvalue weighted by Gasteiger charge is -2.11. The second-order valence-corrected chi connectivity index (χ2v) is 6.30. The van der Waals surface area contributed by atoms with Gasteiger partial charge in [-0.2, -0.15) is 0 Å². The molecule has 29 heavy (non-hydrogen) atoms. The highest BCUT2D eigenvalue weighted by molar-refractivity contribution is 5.93. The number of rotatable bonds is 8. The molecule has 1 amide bonds. The van der Waals surface area contributed by atoms with Gasteiger partial charge in [0.2, 0.25) is 5.88 Å². The molecule has 150 valence electrons. The first-order valence-corrected chi connectivity index (χ1v) is 9.11. The average molecular weight is 393 g/mol. The summed E-state index contributed by atoms with van der Waals surface area (Å²) in [5, 5.41) is 9.19. The summed E-state index contributed by atoms with van der Waals surface area (Å²) < 4.78 is 4.99. The van der Waals surface area contributed by atoms with Crippen LogP contribution in [0.1, 0.15) is 21.7 Å². The number of hydrogen-bond donors (Lipinski definition) is 3. The van der Waals surface area contributed by atoms with Crippen molar-refractivity contribution in [3.05, 3.63) is 59.7 Å². The molecular weight excluding hydrogens is 370 g/mol. The van der Waals surface area contributed by atoms with Crippen molar-refractivity contribution in [2.75, 3.05) is 30.8 Å². The van der Waals surface area contributed by atoms with Gasteiger partial charge in [-0.3, -0.25) is 4.79 Å². The van der Waals surface area contributed by atoms with E-state index in [-0.39, 0.29) is 5.91 Å². The first kappa shape index (κ1) is 20.0. The number of nitrogens with one attached hydrogen (secondary N) is 3. The number of amides is 1. The fourth-order valence-electron chi connectivity index (χ4n) is 2.56. The summed E-state index contributed by atoms with van der Waals surface area (Å²) in [6.07, 6.45) is 3.22. The summed E-state index contributed by atoms with van der Waals surface area (Å²) in [6.45, 7) is 4.75. The summed E-state index contributed by atoms with van der Waals surface area (Å²) in [6, 6.07) is 8.98. The van der Waals surface area contributed by atoms with Gasteiger partial charge in [0, 0.05) is 37.6 Å². The molecule has 9 heteroatoms. The second-order valence-electron chi connectivity index (χ2n) is 6.30. The maximum absolute atomic E-state index is 12.1. The van der Waals surface area contributed by atoms with Crippen molar-refractivity contribution >= 4 is 23.4 Å². The van der Waals surface area contributed by atoms with Crippen molar-refractivity contribution in [3.8, 4) is 5.88 Å². The Hall–Kier alpha value is -3.75. The largest absolute Gasteiger partial charge is 0.481 e. The van der Waals surface area contributed by atoms with Crippen LogP contribution in [0.15, 0.2) is 42.7 Å². The normalized spacial score (nSPS) is 10.3. The molecule has 0 unspecified atom stereocenters. The maximum Gasteiger partial charge on any atom is 0.252 e. The zero-order valence-corrected chi connectivity index (χ0v) is 16.6. The molecule has 0 atom stereocenters. The summed E-state index contributed by atoms with van der Waals surface area (Å²) in [5.41, 5.74) is 1.58. The van der Waals surface area contributed by atoms with Crippen LogP contribution in [-0.4, -0.2) is 46.0 Å². The summed E-state index contributed by atoms with van der Waals surface area (Å²) in [4.78, 5) is 29.2. The molecule has 0 bridgehead atoms. The molecule has 0 saturated heterocycles. The molecule has 0 aliphatic heterocycles. The van der Waals surface area contributed by atoms with Crippen molar-refractivity contribution < 1.29 is 9.53 Å². The van der Waals surface area contributed by atoms with Gasteiger partial charge in [-0.1, -0.05) is 0 Å². The predicted octanol–water partition coefficient (Wildman–Crippen LogP) is 2.48. The van der Waals surface area contributed by atoms with Gasteiger partial charge < -0.3 is 20.7 Å². The fourth-order valence-corrected chi connectivity index (χ4v) is 2.56. The molecule has 0 saturated carbocycles. The van der Waals surface area contributed by atoms with E-state index in [1.165, 1.54) is 13.3 Å². The molecule has 0 radical (unpaired) electrons. The average Bonchev–Trinajstić information content (AvgIpc) is 2.71. The number of aryl methyl sites for hydroxylation is 2. The number of carbonyl (C=O) groups is 1. The quantitative estimate of drug-likeness (QED) is 0.500. The zero-order valence-electron chi connectivity index (χ0n) is 16.6. The Kier molecular flexibility index (Phi) is 6.51. The highest BCUT2D eigenvalue weighted by Crippen LogP contribution is 2.16. The molecule has 0 aliphatic carbocycles. The Morgan fingerprint density at radius 2 is 1.83 bits per heavy atom. The Bertz CT molecular complexity index is 977. The van der Waals surface area contributed by atoms with Crippen LogP contribution in [0.2, 0.25) is 0 Å². The van der Waals surface area contributed by atoms with Crippen molar-refractivity contribution in [1.82, 2.24) is 25.3 Å². The lowest BCUT2D eigenvalue weighted by molar-refractivity contribution is 0.0954. The zero-order chi connectivity index (χ0) is 20.6. The van der Waals surface area contributed by atoms with E-state index in [0.29, 0.717) is 42.0 Å². The van der Waals surface area contributed by atoms with Crippen molar-refractivity contribution in [2.45, 2.75) is 13.8 Å². The minimum atomic E-state index is -0.200. The molecule has 3 aromatic rings. The Labute approximate surface area is 169 Å². The molecule has 0 aliphatic rings. The van der Waals surface area contributed by atoms with Crippen LogP contribution in [0.25, 0.3) is 0 Å². The molecule has 3 heterocycles. The van der Waals surface area contributed by atoms with Gasteiger partial charge in [-0.25, -0.2) is 19.9 Å². The van der Waals surface area contributed by atoms with E-state index in [4.69, 9.17) is 4.74 Å². The van der Waals surface area contributed by atoms with Gasteiger partial charge in [0.05, 0.1) is 12.7 Å². The molecule has 3 rings (SSSR count). The number of pyridine rings is 2. The Morgan fingerprint density at radius 1 is 1.00 bits per heavy atom. The van der Waals surface area contributed by atoms with Crippen LogP contribution in [0.5, 0.6) is 5.88 Å². The third-order valence-electron chi connectivity index (χ3n) is 3.93. The number of ether oxygens (including phenoxy) is 1. The van der Waals surface area contributed by atoms with Gasteiger partial charge >= 0.3 is 0 Å². The molecule has 3 N–H and O–H groups in total. The van der Waals surface area contributed by atoms with Crippen LogP contribution < -0.4 is 20.7 Å². The van der Waals surface area contributed by atoms with E-state index in [9.17, 15) is 4.79 Å². The van der Waals surface area contributed by atoms with E-state index in [0.717, 1.165) is 11.4 Å². The van der Waals surface area contributed by atoms with E-state index in [1.54, 1.807) is 24.4 Å². The van der Waals surface area contributed by atoms with Gasteiger partial charge in [0.1, 0.15) is 23.3 Å². The number of anilines is 3. The lowest BCUT2D eigenvalue weighted by atomic mass is 10.2. The van der Waals surface area contributed by atoms with E-state index < -0.39 is 0 Å². The van der Waals surface area contributed by atoms with Gasteiger partial charge in [0.15, 0.2) is 0 Å². The number of methoxy groups -OCH3 is 1. The van der Waals surface area contributed by atoms with Crippen LogP contribution >= 0.6 is 0 Å². The highest BCUT2D eigenvalue weighted by Gasteiger charge is 2.07. The van der Waals surface area contributed by atoms with Gasteiger partial charge in [-0.05, 0) is 37.6 Å². The number of nitrogens with zero attached hydrogens (tertiary/aromatic N) is 4. The number of hydrogen-bond acceptors (Lipinski definition) is 8. The first-order chi connectivity index (χ1) is 14.0. The van der Waals surface area contributed by atoms with Crippen molar-refractivity contribution in [3.63, 3.8) is 0 Å². The number of aromatic nitrogens is 4. The topological polar surface area (TPSA) is 114 Å². The number of carbonyl (C=O) groups excluding carboxylic acids is 1. The first-order valence-electron chi connectivity index (χ1n) is 9.11. The highest BCUT2D eigenvalue weighted by atomic mass is 16.5. The van der Waals surface area contributed by atoms with Crippen LogP contribution in [-0.2, 0) is 0 Å². The van der Waals surface area contributed by atoms with E-state index in [1.807, 2.05) is 26.0 Å². The van der Waals surface area contributed by atoms with Crippen molar-refractivity contribution in [2.24, 2.45) is 0 Å². The predicted molar refractivity (Wildman–Crippen MR) is 111 cm³/mol. The Morgan fingerprint density at radius 3 is 2.55 bits per heavy atom. The van der Waals surface area contributed by atoms with Crippen LogP contribution in [0.4, 0.5) is 17.5 Å². The molecule has 9 nitrogen and oxygen atoms in total. The maximum atomic E-state index is 12.1. The summed E-state index contributed by atoms with van der Waals surface area (Å²) in [5.74, 6) is 2.91. The minimum absolute atomic E-state index is 0.200. The molecule has 0 aromatic carbocycles. The minimum Gasteiger partial charge on any atom is -0.481 e. The Balaban J connectivity index is 1.52.